The Morgan fingerprint density at radius 3 is 2.57 bits per heavy atom. The summed E-state index contributed by atoms with van der Waals surface area (Å²) < 4.78 is 11.5. The van der Waals surface area contributed by atoms with Gasteiger partial charge < -0.3 is 19.7 Å². The first-order valence-corrected chi connectivity index (χ1v) is 7.78. The van der Waals surface area contributed by atoms with Crippen LogP contribution in [0.3, 0.4) is 0 Å². The summed E-state index contributed by atoms with van der Waals surface area (Å²) >= 11 is 0. The van der Waals surface area contributed by atoms with Gasteiger partial charge in [-0.15, -0.1) is 0 Å². The highest BCUT2D eigenvalue weighted by atomic mass is 16.5. The molecule has 0 aliphatic carbocycles. The molecule has 1 rings (SSSR count). The number of nitrogens with zero attached hydrogens (tertiary/aromatic N) is 1. The maximum atomic E-state index is 5.98. The van der Waals surface area contributed by atoms with E-state index in [2.05, 4.69) is 38.2 Å². The highest BCUT2D eigenvalue weighted by Gasteiger charge is 2.16. The molecule has 0 fully saturated rings. The van der Waals surface area contributed by atoms with E-state index in [1.807, 2.05) is 18.2 Å². The van der Waals surface area contributed by atoms with Crippen LogP contribution in [0.1, 0.15) is 38.3 Å². The second-order valence-electron chi connectivity index (χ2n) is 5.55. The second kappa shape index (κ2) is 9.64. The third-order valence-electron chi connectivity index (χ3n) is 3.39. The zero-order valence-electron chi connectivity index (χ0n) is 14.1. The first-order chi connectivity index (χ1) is 10.1. The minimum absolute atomic E-state index is 0.213. The quantitative estimate of drug-likeness (QED) is 0.672. The Morgan fingerprint density at radius 1 is 1.24 bits per heavy atom. The first kappa shape index (κ1) is 17.8. The molecule has 0 radical (unpaired) electrons. The zero-order valence-corrected chi connectivity index (χ0v) is 14.1. The molecule has 4 heteroatoms. The topological polar surface area (TPSA) is 33.7 Å². The zero-order chi connectivity index (χ0) is 15.7. The van der Waals surface area contributed by atoms with Crippen molar-refractivity contribution < 1.29 is 9.47 Å². The average Bonchev–Trinajstić information content (AvgIpc) is 2.48. The molecule has 0 spiro atoms. The Labute approximate surface area is 129 Å². The van der Waals surface area contributed by atoms with Crippen LogP contribution in [0.2, 0.25) is 0 Å². The maximum Gasteiger partial charge on any atom is 0.127 e. The van der Waals surface area contributed by atoms with Gasteiger partial charge in [-0.05, 0) is 52.5 Å². The van der Waals surface area contributed by atoms with Gasteiger partial charge >= 0.3 is 0 Å². The first-order valence-electron chi connectivity index (χ1n) is 7.78. The fraction of sp³-hybridized carbons (Fsp3) is 0.647. The molecular formula is C17H30N2O2. The van der Waals surface area contributed by atoms with Gasteiger partial charge in [-0.25, -0.2) is 0 Å². The van der Waals surface area contributed by atoms with Crippen LogP contribution in [0.15, 0.2) is 18.2 Å². The molecule has 0 saturated heterocycles. The van der Waals surface area contributed by atoms with E-state index in [9.17, 15) is 0 Å². The number of benzene rings is 1. The maximum absolute atomic E-state index is 5.98. The molecule has 0 aromatic heterocycles. The molecule has 0 bridgehead atoms. The fourth-order valence-electron chi connectivity index (χ4n) is 2.28. The Kier molecular flexibility index (Phi) is 8.16. The van der Waals surface area contributed by atoms with E-state index >= 15 is 0 Å². The Hall–Kier alpha value is -1.26. The van der Waals surface area contributed by atoms with E-state index in [4.69, 9.17) is 9.47 Å². The Balaban J connectivity index is 2.76. The summed E-state index contributed by atoms with van der Waals surface area (Å²) in [5, 5.41) is 3.50. The molecule has 1 aromatic rings. The van der Waals surface area contributed by atoms with Crippen LogP contribution in [0.4, 0.5) is 0 Å². The van der Waals surface area contributed by atoms with Crippen LogP contribution >= 0.6 is 0 Å². The van der Waals surface area contributed by atoms with Gasteiger partial charge in [0, 0.05) is 12.6 Å². The van der Waals surface area contributed by atoms with Crippen molar-refractivity contribution in [3.63, 3.8) is 0 Å². The standard InChI is InChI=1S/C17H30N2O2/c1-6-11-18-14(2)17-15(20-5)9-7-10-16(17)21-13-8-12-19(3)4/h7,9-10,14,18H,6,8,11-13H2,1-5H3. The van der Waals surface area contributed by atoms with Crippen LogP contribution in [0.25, 0.3) is 0 Å². The van der Waals surface area contributed by atoms with E-state index in [-0.39, 0.29) is 6.04 Å². The molecule has 0 amide bonds. The predicted molar refractivity (Wildman–Crippen MR) is 88.4 cm³/mol. The van der Waals surface area contributed by atoms with Crippen molar-refractivity contribution >= 4 is 0 Å². The fourth-order valence-corrected chi connectivity index (χ4v) is 2.28. The van der Waals surface area contributed by atoms with Gasteiger partial charge in [-0.3, -0.25) is 0 Å². The van der Waals surface area contributed by atoms with Gasteiger partial charge in [0.1, 0.15) is 11.5 Å². The van der Waals surface area contributed by atoms with Gasteiger partial charge in [0.2, 0.25) is 0 Å². The highest BCUT2D eigenvalue weighted by molar-refractivity contribution is 5.46. The molecule has 0 aliphatic heterocycles. The summed E-state index contributed by atoms with van der Waals surface area (Å²) in [4.78, 5) is 2.17. The lowest BCUT2D eigenvalue weighted by atomic mass is 10.1. The van der Waals surface area contributed by atoms with E-state index in [1.54, 1.807) is 7.11 Å². The minimum atomic E-state index is 0.213. The molecular weight excluding hydrogens is 264 g/mol. The van der Waals surface area contributed by atoms with Gasteiger partial charge in [-0.2, -0.15) is 0 Å². The van der Waals surface area contributed by atoms with Crippen LogP contribution in [0, 0.1) is 0 Å². The van der Waals surface area contributed by atoms with Crippen molar-refractivity contribution in [3.05, 3.63) is 23.8 Å². The van der Waals surface area contributed by atoms with Crippen LogP contribution in [-0.4, -0.2) is 45.8 Å². The van der Waals surface area contributed by atoms with Crippen molar-refractivity contribution in [1.82, 2.24) is 10.2 Å². The smallest absolute Gasteiger partial charge is 0.127 e. The number of nitrogens with one attached hydrogen (secondary N) is 1. The van der Waals surface area contributed by atoms with Gasteiger partial charge in [0.15, 0.2) is 0 Å². The van der Waals surface area contributed by atoms with E-state index < -0.39 is 0 Å². The Bertz CT molecular complexity index is 408. The van der Waals surface area contributed by atoms with Crippen molar-refractivity contribution in [2.75, 3.05) is 40.9 Å². The summed E-state index contributed by atoms with van der Waals surface area (Å²) in [5.74, 6) is 1.81. The molecule has 1 N–H and O–H groups in total. The summed E-state index contributed by atoms with van der Waals surface area (Å²) in [5.41, 5.74) is 1.11. The summed E-state index contributed by atoms with van der Waals surface area (Å²) in [6.45, 7) is 7.06. The molecule has 0 heterocycles. The van der Waals surface area contributed by atoms with Crippen molar-refractivity contribution in [2.45, 2.75) is 32.7 Å². The summed E-state index contributed by atoms with van der Waals surface area (Å²) in [6, 6.07) is 6.21. The van der Waals surface area contributed by atoms with Gasteiger partial charge in [0.05, 0.1) is 19.3 Å². The molecule has 1 aromatic carbocycles. The third kappa shape index (κ3) is 5.94. The number of ether oxygens (including phenoxy) is 2. The third-order valence-corrected chi connectivity index (χ3v) is 3.39. The molecule has 0 aliphatic rings. The van der Waals surface area contributed by atoms with Crippen LogP contribution in [-0.2, 0) is 0 Å². The number of methoxy groups -OCH3 is 1. The molecule has 21 heavy (non-hydrogen) atoms. The second-order valence-corrected chi connectivity index (χ2v) is 5.55. The molecule has 1 unspecified atom stereocenters. The summed E-state index contributed by atoms with van der Waals surface area (Å²) in [6.07, 6.45) is 2.12. The predicted octanol–water partition coefficient (Wildman–Crippen LogP) is 3.09. The van der Waals surface area contributed by atoms with E-state index in [0.717, 1.165) is 49.6 Å². The normalized spacial score (nSPS) is 12.5. The molecule has 0 saturated carbocycles. The lowest BCUT2D eigenvalue weighted by Gasteiger charge is -2.21. The van der Waals surface area contributed by atoms with Gasteiger partial charge in [-0.1, -0.05) is 13.0 Å². The monoisotopic (exact) mass is 294 g/mol. The Morgan fingerprint density at radius 2 is 1.95 bits per heavy atom. The van der Waals surface area contributed by atoms with Crippen molar-refractivity contribution in [2.24, 2.45) is 0 Å². The van der Waals surface area contributed by atoms with Gasteiger partial charge in [0.25, 0.3) is 0 Å². The van der Waals surface area contributed by atoms with E-state index in [1.165, 1.54) is 0 Å². The number of hydrogen-bond donors (Lipinski definition) is 1. The van der Waals surface area contributed by atoms with E-state index in [0.29, 0.717) is 0 Å². The SMILES string of the molecule is CCCNC(C)c1c(OC)cccc1OCCCN(C)C. The van der Waals surface area contributed by atoms with Crippen LogP contribution in [0.5, 0.6) is 11.5 Å². The largest absolute Gasteiger partial charge is 0.496 e. The average molecular weight is 294 g/mol. The minimum Gasteiger partial charge on any atom is -0.496 e. The van der Waals surface area contributed by atoms with Crippen molar-refractivity contribution in [3.8, 4) is 11.5 Å². The molecule has 4 nitrogen and oxygen atoms in total. The molecule has 1 atom stereocenters. The lowest BCUT2D eigenvalue weighted by molar-refractivity contribution is 0.275. The summed E-state index contributed by atoms with van der Waals surface area (Å²) in [7, 11) is 5.86. The number of hydrogen-bond acceptors (Lipinski definition) is 4. The van der Waals surface area contributed by atoms with Crippen molar-refractivity contribution in [1.29, 1.82) is 0 Å². The number of rotatable bonds is 10. The van der Waals surface area contributed by atoms with Crippen LogP contribution < -0.4 is 14.8 Å². The molecule has 120 valence electrons. The lowest BCUT2D eigenvalue weighted by Crippen LogP contribution is -2.21. The highest BCUT2D eigenvalue weighted by Crippen LogP contribution is 2.34.